The number of hydrogen-bond donors (Lipinski definition) is 1. The zero-order chi connectivity index (χ0) is 22.0. The lowest BCUT2D eigenvalue weighted by Crippen LogP contribution is -2.27. The number of pyridine rings is 1. The molecule has 1 fully saturated rings. The normalized spacial score (nSPS) is 19.5. The smallest absolute Gasteiger partial charge is 0.324 e. The van der Waals surface area contributed by atoms with Crippen LogP contribution in [0.25, 0.3) is 0 Å². The number of carbonyl (C=O) groups excluding carboxylic acids is 1. The van der Waals surface area contributed by atoms with Crippen molar-refractivity contribution in [2.24, 2.45) is 13.0 Å². The van der Waals surface area contributed by atoms with E-state index in [9.17, 15) is 18.0 Å². The SMILES string of the molecule is Cn1cc(CN2C[C@H](C(=O)Nc3cccnc3)C[C@H]2c2cccc(C(F)(F)F)c2)cn1. The number of aryl methyl sites for hydroxylation is 1. The molecule has 1 saturated heterocycles. The van der Waals surface area contributed by atoms with Crippen molar-refractivity contribution in [3.8, 4) is 0 Å². The number of rotatable bonds is 5. The van der Waals surface area contributed by atoms with Gasteiger partial charge in [0.25, 0.3) is 0 Å². The topological polar surface area (TPSA) is 63.1 Å². The Kier molecular flexibility index (Phi) is 5.77. The van der Waals surface area contributed by atoms with E-state index in [1.54, 1.807) is 41.5 Å². The summed E-state index contributed by atoms with van der Waals surface area (Å²) >= 11 is 0. The maximum absolute atomic E-state index is 13.3. The third kappa shape index (κ3) is 4.93. The Morgan fingerprint density at radius 1 is 1.23 bits per heavy atom. The van der Waals surface area contributed by atoms with Gasteiger partial charge in [0, 0.05) is 44.1 Å². The minimum Gasteiger partial charge on any atom is -0.324 e. The highest BCUT2D eigenvalue weighted by molar-refractivity contribution is 5.92. The Hall–Kier alpha value is -3.20. The molecule has 1 N–H and O–H groups in total. The minimum absolute atomic E-state index is 0.168. The zero-order valence-corrected chi connectivity index (χ0v) is 16.9. The van der Waals surface area contributed by atoms with Crippen molar-refractivity contribution in [2.75, 3.05) is 11.9 Å². The second kappa shape index (κ2) is 8.50. The fourth-order valence-corrected chi connectivity index (χ4v) is 4.01. The van der Waals surface area contributed by atoms with Crippen LogP contribution in [0, 0.1) is 5.92 Å². The van der Waals surface area contributed by atoms with Crippen LogP contribution in [0.5, 0.6) is 0 Å². The lowest BCUT2D eigenvalue weighted by Gasteiger charge is -2.24. The zero-order valence-electron chi connectivity index (χ0n) is 16.9. The van der Waals surface area contributed by atoms with Crippen LogP contribution < -0.4 is 5.32 Å². The quantitative estimate of drug-likeness (QED) is 0.665. The summed E-state index contributed by atoms with van der Waals surface area (Å²) in [7, 11) is 1.81. The first-order valence-electron chi connectivity index (χ1n) is 9.89. The number of alkyl halides is 3. The molecule has 6 nitrogen and oxygen atoms in total. The number of anilines is 1. The molecule has 1 amide bonds. The molecule has 31 heavy (non-hydrogen) atoms. The van der Waals surface area contributed by atoms with Crippen molar-refractivity contribution in [2.45, 2.75) is 25.2 Å². The van der Waals surface area contributed by atoms with E-state index < -0.39 is 11.7 Å². The molecular formula is C22H22F3N5O. The summed E-state index contributed by atoms with van der Waals surface area (Å²) in [4.78, 5) is 18.9. The average molecular weight is 429 g/mol. The molecule has 2 aromatic heterocycles. The number of hydrogen-bond acceptors (Lipinski definition) is 4. The highest BCUT2D eigenvalue weighted by Gasteiger charge is 2.38. The summed E-state index contributed by atoms with van der Waals surface area (Å²) in [5, 5.41) is 7.02. The van der Waals surface area contributed by atoms with Gasteiger partial charge in [-0.1, -0.05) is 12.1 Å². The van der Waals surface area contributed by atoms with Crippen molar-refractivity contribution in [3.05, 3.63) is 77.9 Å². The van der Waals surface area contributed by atoms with E-state index in [2.05, 4.69) is 15.4 Å². The Morgan fingerprint density at radius 3 is 2.74 bits per heavy atom. The molecule has 0 aliphatic carbocycles. The van der Waals surface area contributed by atoms with Gasteiger partial charge in [-0.25, -0.2) is 0 Å². The Labute approximate surface area is 177 Å². The largest absolute Gasteiger partial charge is 0.416 e. The molecule has 9 heteroatoms. The van der Waals surface area contributed by atoms with Crippen LogP contribution in [0.2, 0.25) is 0 Å². The van der Waals surface area contributed by atoms with Crippen LogP contribution in [0.3, 0.4) is 0 Å². The number of benzene rings is 1. The monoisotopic (exact) mass is 429 g/mol. The van der Waals surface area contributed by atoms with Crippen LogP contribution in [-0.2, 0) is 24.6 Å². The van der Waals surface area contributed by atoms with Crippen LogP contribution in [0.4, 0.5) is 18.9 Å². The lowest BCUT2D eigenvalue weighted by molar-refractivity contribution is -0.137. The van der Waals surface area contributed by atoms with Gasteiger partial charge in [0.1, 0.15) is 0 Å². The summed E-state index contributed by atoms with van der Waals surface area (Å²) in [5.74, 6) is -0.532. The van der Waals surface area contributed by atoms with Gasteiger partial charge in [0.15, 0.2) is 0 Å². The molecule has 0 spiro atoms. The number of nitrogens with one attached hydrogen (secondary N) is 1. The highest BCUT2D eigenvalue weighted by atomic mass is 19.4. The Morgan fingerprint density at radius 2 is 2.06 bits per heavy atom. The molecule has 3 aromatic rings. The van der Waals surface area contributed by atoms with E-state index in [4.69, 9.17) is 0 Å². The first kappa shape index (κ1) is 21.0. The van der Waals surface area contributed by atoms with Gasteiger partial charge in [-0.05, 0) is 36.2 Å². The average Bonchev–Trinajstić information content (AvgIpc) is 3.35. The van der Waals surface area contributed by atoms with Crippen molar-refractivity contribution in [1.82, 2.24) is 19.7 Å². The van der Waals surface area contributed by atoms with Gasteiger partial charge in [-0.3, -0.25) is 19.4 Å². The predicted octanol–water partition coefficient (Wildman–Crippen LogP) is 4.04. The van der Waals surface area contributed by atoms with Crippen molar-refractivity contribution >= 4 is 11.6 Å². The summed E-state index contributed by atoms with van der Waals surface area (Å²) < 4.78 is 41.4. The Balaban J connectivity index is 1.58. The van der Waals surface area contributed by atoms with Gasteiger partial charge in [0.05, 0.1) is 29.6 Å². The van der Waals surface area contributed by atoms with Crippen LogP contribution in [0.15, 0.2) is 61.2 Å². The van der Waals surface area contributed by atoms with E-state index >= 15 is 0 Å². The summed E-state index contributed by atoms with van der Waals surface area (Å²) in [6.07, 6.45) is 2.78. The van der Waals surface area contributed by atoms with Gasteiger partial charge in [-0.2, -0.15) is 18.3 Å². The lowest BCUT2D eigenvalue weighted by atomic mass is 9.97. The highest BCUT2D eigenvalue weighted by Crippen LogP contribution is 2.39. The molecule has 2 atom stereocenters. The van der Waals surface area contributed by atoms with Crippen molar-refractivity contribution in [3.63, 3.8) is 0 Å². The molecule has 0 bridgehead atoms. The van der Waals surface area contributed by atoms with E-state index in [1.165, 1.54) is 12.1 Å². The number of nitrogens with zero attached hydrogens (tertiary/aromatic N) is 4. The summed E-state index contributed by atoms with van der Waals surface area (Å²) in [5.41, 5.74) is 1.40. The first-order chi connectivity index (χ1) is 14.8. The molecule has 1 aliphatic rings. The van der Waals surface area contributed by atoms with E-state index in [0.29, 0.717) is 30.8 Å². The van der Waals surface area contributed by atoms with Crippen LogP contribution in [0.1, 0.15) is 29.2 Å². The number of likely N-dealkylation sites (tertiary alicyclic amines) is 1. The number of carbonyl (C=O) groups is 1. The number of halogens is 3. The fourth-order valence-electron chi connectivity index (χ4n) is 4.01. The van der Waals surface area contributed by atoms with Gasteiger partial charge in [-0.15, -0.1) is 0 Å². The molecule has 1 aromatic carbocycles. The molecular weight excluding hydrogens is 407 g/mol. The maximum atomic E-state index is 13.3. The second-order valence-corrected chi connectivity index (χ2v) is 7.75. The van der Waals surface area contributed by atoms with Crippen LogP contribution in [-0.4, -0.2) is 32.1 Å². The molecule has 0 radical (unpaired) electrons. The van der Waals surface area contributed by atoms with E-state index in [0.717, 1.165) is 11.6 Å². The molecule has 0 unspecified atom stereocenters. The standard InChI is InChI=1S/C22H22F3N5O/c1-29-12-15(10-27-29)13-30-14-17(21(31)28-19-6-3-7-26-11-19)9-20(30)16-4-2-5-18(8-16)22(23,24)25/h2-8,10-12,17,20H,9,13-14H2,1H3,(H,28,31)/t17-,20+/m1/s1. The van der Waals surface area contributed by atoms with Crippen LogP contribution >= 0.6 is 0 Å². The second-order valence-electron chi connectivity index (χ2n) is 7.75. The molecule has 1 aliphatic heterocycles. The molecule has 3 heterocycles. The van der Waals surface area contributed by atoms with Crippen molar-refractivity contribution in [1.29, 1.82) is 0 Å². The minimum atomic E-state index is -4.42. The molecule has 4 rings (SSSR count). The van der Waals surface area contributed by atoms with Crippen molar-refractivity contribution < 1.29 is 18.0 Å². The summed E-state index contributed by atoms with van der Waals surface area (Å²) in [6, 6.07) is 8.52. The van der Waals surface area contributed by atoms with E-state index in [-0.39, 0.29) is 17.9 Å². The number of aromatic nitrogens is 3. The molecule has 0 saturated carbocycles. The summed E-state index contributed by atoms with van der Waals surface area (Å²) in [6.45, 7) is 0.924. The van der Waals surface area contributed by atoms with Gasteiger partial charge < -0.3 is 5.32 Å². The third-order valence-corrected chi connectivity index (χ3v) is 5.45. The Bertz CT molecular complexity index is 1050. The fraction of sp³-hybridized carbons (Fsp3) is 0.318. The predicted molar refractivity (Wildman–Crippen MR) is 109 cm³/mol. The van der Waals surface area contributed by atoms with Gasteiger partial charge >= 0.3 is 6.18 Å². The van der Waals surface area contributed by atoms with Gasteiger partial charge in [0.2, 0.25) is 5.91 Å². The first-order valence-corrected chi connectivity index (χ1v) is 9.89. The van der Waals surface area contributed by atoms with E-state index in [1.807, 2.05) is 18.1 Å². The number of amides is 1. The molecule has 162 valence electrons. The third-order valence-electron chi connectivity index (χ3n) is 5.45. The maximum Gasteiger partial charge on any atom is 0.416 e.